The number of nitrogens with one attached hydrogen (secondary N) is 1. The predicted octanol–water partition coefficient (Wildman–Crippen LogP) is 6.12. The van der Waals surface area contributed by atoms with E-state index in [0.29, 0.717) is 50.4 Å². The van der Waals surface area contributed by atoms with Crippen LogP contribution >= 0.6 is 24.0 Å². The molecule has 2 amide bonds. The van der Waals surface area contributed by atoms with Gasteiger partial charge in [0.2, 0.25) is 0 Å². The first-order chi connectivity index (χ1) is 17.3. The van der Waals surface area contributed by atoms with Gasteiger partial charge in [-0.15, -0.1) is 0 Å². The molecule has 3 fully saturated rings. The number of thiocarbonyl (C=S) groups is 1. The van der Waals surface area contributed by atoms with Gasteiger partial charge in [-0.1, -0.05) is 44.2 Å². The molecule has 3 unspecified atom stereocenters. The minimum absolute atomic E-state index is 0.00898. The Morgan fingerprint density at radius 1 is 1.28 bits per heavy atom. The van der Waals surface area contributed by atoms with Crippen LogP contribution in [0.25, 0.3) is 17.4 Å². The van der Waals surface area contributed by atoms with Gasteiger partial charge in [-0.05, 0) is 73.8 Å². The van der Waals surface area contributed by atoms with Crippen LogP contribution in [-0.4, -0.2) is 40.7 Å². The van der Waals surface area contributed by atoms with Crippen molar-refractivity contribution in [1.82, 2.24) is 10.2 Å². The SMILES string of the molecule is COc1ccc(-c2ccc(C=C3SC(=S)N(C4CC5CCC4C5)C3=O)o2)cc1C(=O)NCCC(C)C. The average Bonchev–Trinajstić information content (AvgIpc) is 3.64. The minimum atomic E-state index is -0.176. The molecular formula is C28H32N2O4S2. The molecule has 0 spiro atoms. The highest BCUT2D eigenvalue weighted by Crippen LogP contribution is 2.49. The minimum Gasteiger partial charge on any atom is -0.496 e. The van der Waals surface area contributed by atoms with Gasteiger partial charge in [0, 0.05) is 24.2 Å². The zero-order valence-electron chi connectivity index (χ0n) is 20.9. The van der Waals surface area contributed by atoms with E-state index in [1.54, 1.807) is 25.3 Å². The molecule has 1 N–H and O–H groups in total. The number of rotatable bonds is 8. The Balaban J connectivity index is 1.32. The average molecular weight is 525 g/mol. The van der Waals surface area contributed by atoms with Gasteiger partial charge in [0.15, 0.2) is 0 Å². The lowest BCUT2D eigenvalue weighted by atomic mass is 9.94. The summed E-state index contributed by atoms with van der Waals surface area (Å²) in [4.78, 5) is 28.5. The van der Waals surface area contributed by atoms with E-state index in [2.05, 4.69) is 19.2 Å². The van der Waals surface area contributed by atoms with E-state index in [-0.39, 0.29) is 17.9 Å². The maximum atomic E-state index is 13.2. The number of nitrogens with zero attached hydrogens (tertiary/aromatic N) is 1. The molecule has 2 aromatic rings. The summed E-state index contributed by atoms with van der Waals surface area (Å²) in [7, 11) is 1.55. The van der Waals surface area contributed by atoms with Crippen molar-refractivity contribution in [2.75, 3.05) is 13.7 Å². The summed E-state index contributed by atoms with van der Waals surface area (Å²) in [6.07, 6.45) is 7.46. The Morgan fingerprint density at radius 2 is 2.11 bits per heavy atom. The molecule has 1 aromatic carbocycles. The third-order valence-corrected chi connectivity index (χ3v) is 8.82. The third kappa shape index (κ3) is 4.98. The maximum Gasteiger partial charge on any atom is 0.266 e. The number of thioether (sulfide) groups is 1. The van der Waals surface area contributed by atoms with E-state index in [1.807, 2.05) is 23.1 Å². The Labute approximate surface area is 221 Å². The topological polar surface area (TPSA) is 71.8 Å². The lowest BCUT2D eigenvalue weighted by molar-refractivity contribution is -0.124. The zero-order valence-corrected chi connectivity index (χ0v) is 22.5. The fourth-order valence-electron chi connectivity index (χ4n) is 5.62. The van der Waals surface area contributed by atoms with Gasteiger partial charge < -0.3 is 14.5 Å². The molecule has 0 radical (unpaired) electrons. The van der Waals surface area contributed by atoms with Gasteiger partial charge in [0.25, 0.3) is 11.8 Å². The normalized spacial score (nSPS) is 24.4. The number of hydrogen-bond donors (Lipinski definition) is 1. The van der Waals surface area contributed by atoms with E-state index in [0.717, 1.165) is 24.3 Å². The lowest BCUT2D eigenvalue weighted by Crippen LogP contribution is -2.41. The smallest absolute Gasteiger partial charge is 0.266 e. The van der Waals surface area contributed by atoms with Gasteiger partial charge in [0.05, 0.1) is 17.6 Å². The molecule has 1 saturated heterocycles. The molecule has 3 atom stereocenters. The monoisotopic (exact) mass is 524 g/mol. The number of fused-ring (bicyclic) bond motifs is 2. The van der Waals surface area contributed by atoms with Crippen molar-refractivity contribution >= 4 is 46.2 Å². The van der Waals surface area contributed by atoms with Crippen LogP contribution in [0.1, 0.15) is 62.1 Å². The quantitative estimate of drug-likeness (QED) is 0.331. The van der Waals surface area contributed by atoms with Gasteiger partial charge in [-0.25, -0.2) is 0 Å². The number of furan rings is 1. The van der Waals surface area contributed by atoms with Gasteiger partial charge in [-0.2, -0.15) is 0 Å². The van der Waals surface area contributed by atoms with E-state index in [9.17, 15) is 9.59 Å². The number of carbonyl (C=O) groups is 2. The first kappa shape index (κ1) is 25.1. The van der Waals surface area contributed by atoms with Crippen molar-refractivity contribution in [3.05, 3.63) is 46.6 Å². The summed E-state index contributed by atoms with van der Waals surface area (Å²) in [5.41, 5.74) is 1.22. The highest BCUT2D eigenvalue weighted by molar-refractivity contribution is 8.26. The molecular weight excluding hydrogens is 492 g/mol. The predicted molar refractivity (Wildman–Crippen MR) is 147 cm³/mol. The Kier molecular flexibility index (Phi) is 7.26. The fraction of sp³-hybridized carbons (Fsp3) is 0.464. The Morgan fingerprint density at radius 3 is 2.81 bits per heavy atom. The summed E-state index contributed by atoms with van der Waals surface area (Å²) >= 11 is 6.95. The molecule has 36 heavy (non-hydrogen) atoms. The number of ether oxygens (including phenoxy) is 1. The van der Waals surface area contributed by atoms with E-state index >= 15 is 0 Å². The highest BCUT2D eigenvalue weighted by Gasteiger charge is 2.48. The van der Waals surface area contributed by atoms with E-state index in [4.69, 9.17) is 21.4 Å². The van der Waals surface area contributed by atoms with Crippen molar-refractivity contribution in [2.45, 2.75) is 52.0 Å². The van der Waals surface area contributed by atoms with Crippen molar-refractivity contribution in [3.63, 3.8) is 0 Å². The fourth-order valence-corrected chi connectivity index (χ4v) is 6.97. The van der Waals surface area contributed by atoms with E-state index < -0.39 is 0 Å². The van der Waals surface area contributed by atoms with Crippen LogP contribution in [0.5, 0.6) is 5.75 Å². The molecule has 1 aliphatic heterocycles. The van der Waals surface area contributed by atoms with Crippen LogP contribution in [0, 0.1) is 17.8 Å². The van der Waals surface area contributed by atoms with E-state index in [1.165, 1.54) is 31.0 Å². The zero-order chi connectivity index (χ0) is 25.4. The van der Waals surface area contributed by atoms with Crippen molar-refractivity contribution in [3.8, 4) is 17.1 Å². The van der Waals surface area contributed by atoms with Crippen molar-refractivity contribution in [2.24, 2.45) is 17.8 Å². The standard InChI is InChI=1S/C28H32N2O4S2/c1-16(2)10-11-29-26(31)21-14-19(6-8-24(21)33-3)23-9-7-20(34-23)15-25-27(32)30(28(35)36-25)22-13-17-4-5-18(22)12-17/h6-9,14-18,22H,4-5,10-13H2,1-3H3,(H,29,31). The molecule has 6 nitrogen and oxygen atoms in total. The number of carbonyl (C=O) groups excluding carboxylic acids is 2. The summed E-state index contributed by atoms with van der Waals surface area (Å²) < 4.78 is 12.1. The largest absolute Gasteiger partial charge is 0.496 e. The van der Waals surface area contributed by atoms with Gasteiger partial charge in [0.1, 0.15) is 21.6 Å². The first-order valence-electron chi connectivity index (χ1n) is 12.7. The molecule has 2 saturated carbocycles. The summed E-state index contributed by atoms with van der Waals surface area (Å²) in [5.74, 6) is 3.36. The van der Waals surface area contributed by atoms with Crippen LogP contribution in [0.3, 0.4) is 0 Å². The molecule has 1 aromatic heterocycles. The Bertz CT molecular complexity index is 1220. The summed E-state index contributed by atoms with van der Waals surface area (Å²) in [6.45, 7) is 4.85. The molecule has 5 rings (SSSR count). The van der Waals surface area contributed by atoms with Crippen LogP contribution in [0.4, 0.5) is 0 Å². The number of amides is 2. The second-order valence-corrected chi connectivity index (χ2v) is 12.0. The third-order valence-electron chi connectivity index (χ3n) is 7.49. The highest BCUT2D eigenvalue weighted by atomic mass is 32.2. The molecule has 8 heteroatoms. The number of methoxy groups -OCH3 is 1. The number of hydrogen-bond acceptors (Lipinski definition) is 6. The van der Waals surface area contributed by atoms with Crippen LogP contribution in [0.2, 0.25) is 0 Å². The van der Waals surface area contributed by atoms with Crippen molar-refractivity contribution in [1.29, 1.82) is 0 Å². The van der Waals surface area contributed by atoms with Gasteiger partial charge in [-0.3, -0.25) is 14.5 Å². The molecule has 2 heterocycles. The van der Waals surface area contributed by atoms with Gasteiger partial charge >= 0.3 is 0 Å². The number of benzene rings is 1. The molecule has 2 aliphatic carbocycles. The Hall–Kier alpha value is -2.58. The lowest BCUT2D eigenvalue weighted by Gasteiger charge is -2.30. The second-order valence-electron chi connectivity index (χ2n) is 10.3. The first-order valence-corrected chi connectivity index (χ1v) is 13.9. The summed E-state index contributed by atoms with van der Waals surface area (Å²) in [6, 6.07) is 9.35. The van der Waals surface area contributed by atoms with Crippen LogP contribution in [0.15, 0.2) is 39.7 Å². The summed E-state index contributed by atoms with van der Waals surface area (Å²) in [5, 5.41) is 2.97. The van der Waals surface area contributed by atoms with Crippen LogP contribution in [-0.2, 0) is 4.79 Å². The molecule has 2 bridgehead atoms. The van der Waals surface area contributed by atoms with Crippen molar-refractivity contribution < 1.29 is 18.7 Å². The maximum absolute atomic E-state index is 13.2. The second kappa shape index (κ2) is 10.4. The molecule has 3 aliphatic rings. The van der Waals surface area contributed by atoms with Crippen LogP contribution < -0.4 is 10.1 Å². The molecule has 190 valence electrons.